The van der Waals surface area contributed by atoms with Crippen molar-refractivity contribution in [2.45, 2.75) is 6.92 Å². The van der Waals surface area contributed by atoms with Crippen molar-refractivity contribution in [2.75, 3.05) is 13.1 Å². The summed E-state index contributed by atoms with van der Waals surface area (Å²) in [6, 6.07) is 6.97. The molecule has 86 valence electrons. The van der Waals surface area contributed by atoms with Crippen LogP contribution in [0, 0.1) is 0 Å². The van der Waals surface area contributed by atoms with Gasteiger partial charge in [-0.1, -0.05) is 11.6 Å². The number of carbonyl (C=O) groups is 1. The largest absolute Gasteiger partial charge is 0.338 e. The van der Waals surface area contributed by atoms with Crippen molar-refractivity contribution in [1.29, 1.82) is 0 Å². The molecule has 5 heteroatoms. The molecule has 0 aliphatic carbocycles. The van der Waals surface area contributed by atoms with Crippen LogP contribution in [0.4, 0.5) is 10.5 Å². The summed E-state index contributed by atoms with van der Waals surface area (Å²) in [5.74, 6) is 0. The van der Waals surface area contributed by atoms with Gasteiger partial charge in [0.15, 0.2) is 0 Å². The van der Waals surface area contributed by atoms with Gasteiger partial charge >= 0.3 is 6.03 Å². The molecule has 16 heavy (non-hydrogen) atoms. The molecule has 0 aromatic heterocycles. The second kappa shape index (κ2) is 6.85. The number of hydrogen-bond acceptors (Lipinski definition) is 2. The van der Waals surface area contributed by atoms with Crippen LogP contribution in [0.15, 0.2) is 29.3 Å². The first-order chi connectivity index (χ1) is 7.72. The third kappa shape index (κ3) is 4.79. The Morgan fingerprint density at radius 1 is 1.38 bits per heavy atom. The highest BCUT2D eigenvalue weighted by Gasteiger charge is 1.93. The van der Waals surface area contributed by atoms with Crippen molar-refractivity contribution in [1.82, 2.24) is 10.6 Å². The Labute approximate surface area is 99.7 Å². The molecule has 0 spiro atoms. The number of benzene rings is 1. The van der Waals surface area contributed by atoms with Crippen molar-refractivity contribution in [2.24, 2.45) is 4.99 Å². The molecule has 4 nitrogen and oxygen atoms in total. The molecule has 1 rings (SSSR count). The van der Waals surface area contributed by atoms with Gasteiger partial charge in [-0.25, -0.2) is 4.79 Å². The minimum atomic E-state index is -0.190. The monoisotopic (exact) mass is 239 g/mol. The summed E-state index contributed by atoms with van der Waals surface area (Å²) >= 11 is 5.73. The smallest absolute Gasteiger partial charge is 0.315 e. The first-order valence-corrected chi connectivity index (χ1v) is 5.40. The lowest BCUT2D eigenvalue weighted by atomic mass is 10.3. The first-order valence-electron chi connectivity index (χ1n) is 5.02. The normalized spacial score (nSPS) is 10.4. The minimum absolute atomic E-state index is 0.190. The van der Waals surface area contributed by atoms with Crippen LogP contribution in [0.5, 0.6) is 0 Å². The van der Waals surface area contributed by atoms with Crippen LogP contribution in [-0.4, -0.2) is 25.3 Å². The summed E-state index contributed by atoms with van der Waals surface area (Å²) in [5, 5.41) is 5.94. The second-order valence-electron chi connectivity index (χ2n) is 3.03. The molecule has 0 heterocycles. The van der Waals surface area contributed by atoms with Gasteiger partial charge in [-0.15, -0.1) is 0 Å². The van der Waals surface area contributed by atoms with Crippen LogP contribution in [0.2, 0.25) is 5.02 Å². The number of nitrogens with zero attached hydrogens (tertiary/aromatic N) is 1. The minimum Gasteiger partial charge on any atom is -0.338 e. The van der Waals surface area contributed by atoms with E-state index in [0.717, 1.165) is 5.69 Å². The van der Waals surface area contributed by atoms with E-state index in [-0.39, 0.29) is 6.03 Å². The lowest BCUT2D eigenvalue weighted by molar-refractivity contribution is 0.243. The van der Waals surface area contributed by atoms with E-state index in [1.54, 1.807) is 18.3 Å². The van der Waals surface area contributed by atoms with Crippen LogP contribution in [0.1, 0.15) is 6.92 Å². The van der Waals surface area contributed by atoms with Crippen molar-refractivity contribution >= 4 is 29.5 Å². The lowest BCUT2D eigenvalue weighted by Gasteiger charge is -2.01. The van der Waals surface area contributed by atoms with Crippen molar-refractivity contribution in [3.8, 4) is 0 Å². The predicted molar refractivity (Wildman–Crippen MR) is 66.7 cm³/mol. The summed E-state index contributed by atoms with van der Waals surface area (Å²) in [7, 11) is 0. The van der Waals surface area contributed by atoms with Crippen molar-refractivity contribution in [3.63, 3.8) is 0 Å². The van der Waals surface area contributed by atoms with Gasteiger partial charge in [-0.3, -0.25) is 4.99 Å². The molecule has 0 saturated heterocycles. The molecule has 0 unspecified atom stereocenters. The molecule has 0 fully saturated rings. The number of nitrogens with one attached hydrogen (secondary N) is 2. The first kappa shape index (κ1) is 12.5. The quantitative estimate of drug-likeness (QED) is 0.779. The zero-order chi connectivity index (χ0) is 11.8. The molecule has 1 aromatic carbocycles. The van der Waals surface area contributed by atoms with E-state index in [0.29, 0.717) is 18.1 Å². The number of hydrogen-bond donors (Lipinski definition) is 2. The Morgan fingerprint density at radius 3 is 2.69 bits per heavy atom. The SMILES string of the molecule is CCNC(=O)NCC=Nc1ccc(Cl)cc1. The topological polar surface area (TPSA) is 53.5 Å². The van der Waals surface area contributed by atoms with Crippen LogP contribution in [0.3, 0.4) is 0 Å². The number of urea groups is 1. The van der Waals surface area contributed by atoms with Gasteiger partial charge in [0, 0.05) is 17.8 Å². The molecule has 0 radical (unpaired) electrons. The number of amides is 2. The van der Waals surface area contributed by atoms with Gasteiger partial charge in [0.1, 0.15) is 0 Å². The predicted octanol–water partition coefficient (Wildman–Crippen LogP) is 2.36. The van der Waals surface area contributed by atoms with Crippen molar-refractivity contribution in [3.05, 3.63) is 29.3 Å². The molecule has 2 amide bonds. The highest BCUT2D eigenvalue weighted by atomic mass is 35.5. The molecule has 0 aliphatic heterocycles. The number of rotatable bonds is 4. The number of aliphatic imine (C=N–C) groups is 1. The molecule has 0 atom stereocenters. The van der Waals surface area contributed by atoms with E-state index >= 15 is 0 Å². The number of halogens is 1. The van der Waals surface area contributed by atoms with E-state index < -0.39 is 0 Å². The van der Waals surface area contributed by atoms with Gasteiger partial charge in [0.2, 0.25) is 0 Å². The highest BCUT2D eigenvalue weighted by molar-refractivity contribution is 6.30. The fourth-order valence-electron chi connectivity index (χ4n) is 1.04. The average molecular weight is 240 g/mol. The van der Waals surface area contributed by atoms with Crippen LogP contribution in [0.25, 0.3) is 0 Å². The van der Waals surface area contributed by atoms with Gasteiger partial charge in [0.05, 0.1) is 12.2 Å². The lowest BCUT2D eigenvalue weighted by Crippen LogP contribution is -2.36. The van der Waals surface area contributed by atoms with Gasteiger partial charge in [-0.05, 0) is 31.2 Å². The van der Waals surface area contributed by atoms with Crippen molar-refractivity contribution < 1.29 is 4.79 Å². The summed E-state index contributed by atoms with van der Waals surface area (Å²) in [5.41, 5.74) is 0.807. The van der Waals surface area contributed by atoms with E-state index in [1.165, 1.54) is 0 Å². The van der Waals surface area contributed by atoms with Crippen LogP contribution >= 0.6 is 11.6 Å². The Hall–Kier alpha value is -1.55. The molecular weight excluding hydrogens is 226 g/mol. The fourth-order valence-corrected chi connectivity index (χ4v) is 1.17. The van der Waals surface area contributed by atoms with E-state index in [2.05, 4.69) is 15.6 Å². The molecule has 0 aliphatic rings. The second-order valence-corrected chi connectivity index (χ2v) is 3.46. The van der Waals surface area contributed by atoms with Gasteiger partial charge < -0.3 is 10.6 Å². The number of carbonyl (C=O) groups excluding carboxylic acids is 1. The average Bonchev–Trinajstić information content (AvgIpc) is 2.27. The molecule has 2 N–H and O–H groups in total. The maximum Gasteiger partial charge on any atom is 0.315 e. The standard InChI is InChI=1S/C11H14ClN3O/c1-2-13-11(16)15-8-7-14-10-5-3-9(12)4-6-10/h3-7H,2,8H2,1H3,(H2,13,15,16). The third-order valence-electron chi connectivity index (χ3n) is 1.76. The Morgan fingerprint density at radius 2 is 2.06 bits per heavy atom. The van der Waals surface area contributed by atoms with Gasteiger partial charge in [0.25, 0.3) is 0 Å². The van der Waals surface area contributed by atoms with E-state index in [1.807, 2.05) is 19.1 Å². The zero-order valence-electron chi connectivity index (χ0n) is 9.03. The summed E-state index contributed by atoms with van der Waals surface area (Å²) in [6.07, 6.45) is 1.64. The summed E-state index contributed by atoms with van der Waals surface area (Å²) in [4.78, 5) is 15.2. The van der Waals surface area contributed by atoms with Crippen LogP contribution < -0.4 is 10.6 Å². The molecule has 0 bridgehead atoms. The molecule has 0 saturated carbocycles. The fraction of sp³-hybridized carbons (Fsp3) is 0.273. The summed E-state index contributed by atoms with van der Waals surface area (Å²) in [6.45, 7) is 2.87. The highest BCUT2D eigenvalue weighted by Crippen LogP contribution is 2.15. The van der Waals surface area contributed by atoms with Gasteiger partial charge in [-0.2, -0.15) is 0 Å². The Bertz CT molecular complexity index is 362. The maximum atomic E-state index is 11.0. The summed E-state index contributed by atoms with van der Waals surface area (Å²) < 4.78 is 0. The third-order valence-corrected chi connectivity index (χ3v) is 2.01. The van der Waals surface area contributed by atoms with E-state index in [9.17, 15) is 4.79 Å². The molecular formula is C11H14ClN3O. The maximum absolute atomic E-state index is 11.0. The Balaban J connectivity index is 2.32. The van der Waals surface area contributed by atoms with E-state index in [4.69, 9.17) is 11.6 Å². The Kier molecular flexibility index (Phi) is 5.36. The van der Waals surface area contributed by atoms with Crippen LogP contribution in [-0.2, 0) is 0 Å². The zero-order valence-corrected chi connectivity index (χ0v) is 9.79. The molecule has 1 aromatic rings.